The molecule has 1 aliphatic heterocycles. The van der Waals surface area contributed by atoms with Crippen LogP contribution in [0, 0.1) is 0 Å². The number of rotatable bonds is 4. The van der Waals surface area contributed by atoms with Crippen LogP contribution in [0.1, 0.15) is 18.4 Å². The second kappa shape index (κ2) is 9.47. The molecule has 19 heavy (non-hydrogen) atoms. The van der Waals surface area contributed by atoms with Crippen molar-refractivity contribution in [3.63, 3.8) is 0 Å². The lowest BCUT2D eigenvalue weighted by Crippen LogP contribution is -2.39. The minimum atomic E-state index is 0. The van der Waals surface area contributed by atoms with Crippen molar-refractivity contribution in [3.05, 3.63) is 35.9 Å². The predicted molar refractivity (Wildman–Crippen MR) is 95.5 cm³/mol. The van der Waals surface area contributed by atoms with Gasteiger partial charge in [-0.1, -0.05) is 30.3 Å². The third kappa shape index (κ3) is 6.03. The van der Waals surface area contributed by atoms with E-state index in [9.17, 15) is 0 Å². The maximum Gasteiger partial charge on any atom is 0.191 e. The van der Waals surface area contributed by atoms with Crippen LogP contribution in [-0.2, 0) is 6.54 Å². The average molecular weight is 391 g/mol. The van der Waals surface area contributed by atoms with Gasteiger partial charge in [-0.3, -0.25) is 4.99 Å². The number of aliphatic imine (C=N–C) groups is 1. The van der Waals surface area contributed by atoms with Crippen molar-refractivity contribution in [1.29, 1.82) is 0 Å². The van der Waals surface area contributed by atoms with Gasteiger partial charge in [0.1, 0.15) is 0 Å². The third-order valence-electron chi connectivity index (χ3n) is 3.05. The molecule has 1 heterocycles. The largest absolute Gasteiger partial charge is 0.355 e. The quantitative estimate of drug-likeness (QED) is 0.471. The monoisotopic (exact) mass is 391 g/mol. The van der Waals surface area contributed by atoms with Crippen molar-refractivity contribution >= 4 is 41.7 Å². The highest BCUT2D eigenvalue weighted by atomic mass is 127. The molecule has 0 aliphatic carbocycles. The number of hydrogen-bond acceptors (Lipinski definition) is 2. The van der Waals surface area contributed by atoms with Gasteiger partial charge in [-0.25, -0.2) is 0 Å². The van der Waals surface area contributed by atoms with Crippen molar-refractivity contribution in [2.45, 2.75) is 24.6 Å². The summed E-state index contributed by atoms with van der Waals surface area (Å²) in [6.07, 6.45) is 2.68. The summed E-state index contributed by atoms with van der Waals surface area (Å²) in [4.78, 5) is 4.25. The predicted octanol–water partition coefficient (Wildman–Crippen LogP) is 2.87. The minimum Gasteiger partial charge on any atom is -0.355 e. The lowest BCUT2D eigenvalue weighted by Gasteiger charge is -2.14. The Morgan fingerprint density at radius 1 is 1.32 bits per heavy atom. The van der Waals surface area contributed by atoms with Crippen molar-refractivity contribution in [3.8, 4) is 0 Å². The molecule has 1 unspecified atom stereocenters. The molecule has 1 fully saturated rings. The van der Waals surface area contributed by atoms with E-state index >= 15 is 0 Å². The Morgan fingerprint density at radius 3 is 2.74 bits per heavy atom. The molecule has 1 atom stereocenters. The number of thioether (sulfide) groups is 1. The zero-order valence-corrected chi connectivity index (χ0v) is 14.4. The zero-order chi connectivity index (χ0) is 12.6. The maximum atomic E-state index is 4.25. The van der Waals surface area contributed by atoms with Gasteiger partial charge in [0.2, 0.25) is 0 Å². The lowest BCUT2D eigenvalue weighted by atomic mass is 10.2. The second-order valence-electron chi connectivity index (χ2n) is 4.43. The fraction of sp³-hybridized carbons (Fsp3) is 0.500. The van der Waals surface area contributed by atoms with E-state index in [4.69, 9.17) is 0 Å². The van der Waals surface area contributed by atoms with Crippen molar-refractivity contribution in [2.75, 3.05) is 19.3 Å². The van der Waals surface area contributed by atoms with Crippen LogP contribution in [0.15, 0.2) is 35.3 Å². The Morgan fingerprint density at radius 2 is 2.11 bits per heavy atom. The molecule has 1 aromatic carbocycles. The SMILES string of the molecule is CN=C(NCc1ccccc1)NCC1CCCS1.I. The number of guanidine groups is 1. The zero-order valence-electron chi connectivity index (χ0n) is 11.3. The molecule has 1 saturated heterocycles. The molecule has 0 saturated carbocycles. The van der Waals surface area contributed by atoms with E-state index in [1.807, 2.05) is 13.1 Å². The molecule has 0 spiro atoms. The Balaban J connectivity index is 0.00000180. The van der Waals surface area contributed by atoms with Gasteiger partial charge in [0.25, 0.3) is 0 Å². The molecule has 0 amide bonds. The standard InChI is InChI=1S/C14H21N3S.HI/c1-15-14(17-11-13-8-5-9-18-13)16-10-12-6-3-2-4-7-12;/h2-4,6-7,13H,5,8-11H2,1H3,(H2,15,16,17);1H. The summed E-state index contributed by atoms with van der Waals surface area (Å²) in [5.41, 5.74) is 1.27. The second-order valence-corrected chi connectivity index (χ2v) is 5.84. The summed E-state index contributed by atoms with van der Waals surface area (Å²) in [7, 11) is 1.82. The van der Waals surface area contributed by atoms with Crippen LogP contribution >= 0.6 is 35.7 Å². The van der Waals surface area contributed by atoms with Crippen LogP contribution in [0.25, 0.3) is 0 Å². The number of halogens is 1. The van der Waals surface area contributed by atoms with E-state index in [-0.39, 0.29) is 24.0 Å². The lowest BCUT2D eigenvalue weighted by molar-refractivity contribution is 0.726. The summed E-state index contributed by atoms with van der Waals surface area (Å²) in [6, 6.07) is 10.4. The van der Waals surface area contributed by atoms with Crippen LogP contribution < -0.4 is 10.6 Å². The van der Waals surface area contributed by atoms with E-state index in [0.717, 1.165) is 24.3 Å². The molecule has 0 aromatic heterocycles. The molecule has 0 bridgehead atoms. The van der Waals surface area contributed by atoms with Gasteiger partial charge in [-0.15, -0.1) is 24.0 Å². The fourth-order valence-corrected chi connectivity index (χ4v) is 3.22. The van der Waals surface area contributed by atoms with Crippen molar-refractivity contribution in [2.24, 2.45) is 4.99 Å². The van der Waals surface area contributed by atoms with Crippen LogP contribution in [0.4, 0.5) is 0 Å². The summed E-state index contributed by atoms with van der Waals surface area (Å²) >= 11 is 2.06. The van der Waals surface area contributed by atoms with Gasteiger partial charge in [0, 0.05) is 25.4 Å². The normalized spacial score (nSPS) is 18.8. The first-order valence-electron chi connectivity index (χ1n) is 6.48. The Labute approximate surface area is 137 Å². The number of nitrogens with one attached hydrogen (secondary N) is 2. The van der Waals surface area contributed by atoms with E-state index in [1.165, 1.54) is 24.2 Å². The summed E-state index contributed by atoms with van der Waals surface area (Å²) in [5.74, 6) is 2.20. The first-order chi connectivity index (χ1) is 8.88. The van der Waals surface area contributed by atoms with E-state index < -0.39 is 0 Å². The summed E-state index contributed by atoms with van der Waals surface area (Å²) in [5, 5.41) is 7.49. The number of nitrogens with zero attached hydrogens (tertiary/aromatic N) is 1. The first-order valence-corrected chi connectivity index (χ1v) is 7.53. The molecule has 106 valence electrons. The Bertz CT molecular complexity index is 378. The fourth-order valence-electron chi connectivity index (χ4n) is 2.02. The van der Waals surface area contributed by atoms with Crippen LogP contribution in [0.2, 0.25) is 0 Å². The smallest absolute Gasteiger partial charge is 0.191 e. The number of hydrogen-bond donors (Lipinski definition) is 2. The van der Waals surface area contributed by atoms with Crippen LogP contribution in [0.3, 0.4) is 0 Å². The minimum absolute atomic E-state index is 0. The molecule has 2 N–H and O–H groups in total. The Kier molecular flexibility index (Phi) is 8.29. The highest BCUT2D eigenvalue weighted by molar-refractivity contribution is 14.0. The van der Waals surface area contributed by atoms with Gasteiger partial charge >= 0.3 is 0 Å². The van der Waals surface area contributed by atoms with Gasteiger partial charge in [0.05, 0.1) is 0 Å². The summed E-state index contributed by atoms with van der Waals surface area (Å²) < 4.78 is 0. The van der Waals surface area contributed by atoms with Crippen molar-refractivity contribution in [1.82, 2.24) is 10.6 Å². The molecule has 0 radical (unpaired) electrons. The van der Waals surface area contributed by atoms with Gasteiger partial charge in [0.15, 0.2) is 5.96 Å². The molecule has 1 aromatic rings. The van der Waals surface area contributed by atoms with E-state index in [0.29, 0.717) is 0 Å². The average Bonchev–Trinajstić information content (AvgIpc) is 2.93. The highest BCUT2D eigenvalue weighted by Crippen LogP contribution is 2.25. The topological polar surface area (TPSA) is 36.4 Å². The molecular formula is C14H22IN3S. The summed E-state index contributed by atoms with van der Waals surface area (Å²) in [6.45, 7) is 1.83. The molecule has 3 nitrogen and oxygen atoms in total. The van der Waals surface area contributed by atoms with Gasteiger partial charge in [-0.2, -0.15) is 11.8 Å². The van der Waals surface area contributed by atoms with Gasteiger partial charge < -0.3 is 10.6 Å². The van der Waals surface area contributed by atoms with Gasteiger partial charge in [-0.05, 0) is 24.2 Å². The Hall–Kier alpha value is -0.430. The van der Waals surface area contributed by atoms with E-state index in [1.54, 1.807) is 0 Å². The van der Waals surface area contributed by atoms with E-state index in [2.05, 4.69) is 51.7 Å². The third-order valence-corrected chi connectivity index (χ3v) is 4.45. The molecule has 1 aliphatic rings. The maximum absolute atomic E-state index is 4.25. The van der Waals surface area contributed by atoms with Crippen LogP contribution in [0.5, 0.6) is 0 Å². The van der Waals surface area contributed by atoms with Crippen molar-refractivity contribution < 1.29 is 0 Å². The molecule has 2 rings (SSSR count). The highest BCUT2D eigenvalue weighted by Gasteiger charge is 2.15. The number of benzene rings is 1. The molecular weight excluding hydrogens is 369 g/mol. The first kappa shape index (κ1) is 16.6. The van der Waals surface area contributed by atoms with Crippen LogP contribution in [-0.4, -0.2) is 30.6 Å². The molecule has 5 heteroatoms.